The van der Waals surface area contributed by atoms with Crippen LogP contribution in [-0.2, 0) is 13.2 Å². The quantitative estimate of drug-likeness (QED) is 0.137. The maximum atomic E-state index is 13.3. The van der Waals surface area contributed by atoms with Crippen LogP contribution in [0.15, 0.2) is 126 Å². The lowest BCUT2D eigenvalue weighted by Gasteiger charge is -2.19. The fourth-order valence-corrected chi connectivity index (χ4v) is 5.40. The van der Waals surface area contributed by atoms with Crippen LogP contribution in [0.1, 0.15) is 44.5 Å². The molecule has 0 saturated heterocycles. The molecule has 0 aliphatic heterocycles. The first-order valence-corrected chi connectivity index (χ1v) is 15.5. The number of aldehydes is 1. The Kier molecular flexibility index (Phi) is 9.53. The van der Waals surface area contributed by atoms with E-state index in [1.54, 1.807) is 24.3 Å². The van der Waals surface area contributed by atoms with Gasteiger partial charge in [-0.25, -0.2) is 0 Å². The van der Waals surface area contributed by atoms with Gasteiger partial charge in [0.2, 0.25) is 0 Å². The number of nitrogens with one attached hydrogen (secondary N) is 1. The van der Waals surface area contributed by atoms with E-state index in [-0.39, 0.29) is 18.2 Å². The summed E-state index contributed by atoms with van der Waals surface area (Å²) in [4.78, 5) is 24.7. The summed E-state index contributed by atoms with van der Waals surface area (Å²) in [5.41, 5.74) is 7.30. The zero-order valence-electron chi connectivity index (χ0n) is 26.2. The second-order valence-corrected chi connectivity index (χ2v) is 11.0. The van der Waals surface area contributed by atoms with E-state index in [4.69, 9.17) is 14.0 Å². The van der Waals surface area contributed by atoms with Gasteiger partial charge in [-0.3, -0.25) is 9.59 Å². The number of amides is 1. The molecule has 6 rings (SSSR count). The van der Waals surface area contributed by atoms with E-state index in [0.29, 0.717) is 52.7 Å². The number of hydrogen-bond donors (Lipinski definition) is 1. The minimum Gasteiger partial charge on any atom is -0.488 e. The Hall–Kier alpha value is -5.95. The second-order valence-electron chi connectivity index (χ2n) is 11.0. The number of carbonyl (C=O) groups excluding carboxylic acids is 2. The number of carbonyl (C=O) groups is 2. The molecule has 1 amide bonds. The molecule has 0 unspecified atom stereocenters. The minimum atomic E-state index is -0.370. The molecular formula is C40H34N2O5. The third kappa shape index (κ3) is 6.99. The first-order valence-electron chi connectivity index (χ1n) is 15.5. The van der Waals surface area contributed by atoms with Crippen molar-refractivity contribution in [1.29, 1.82) is 0 Å². The average molecular weight is 623 g/mol. The maximum absolute atomic E-state index is 13.3. The van der Waals surface area contributed by atoms with Gasteiger partial charge in [0, 0.05) is 23.7 Å². The van der Waals surface area contributed by atoms with E-state index in [0.717, 1.165) is 34.1 Å². The van der Waals surface area contributed by atoms with E-state index in [9.17, 15) is 9.59 Å². The van der Waals surface area contributed by atoms with E-state index in [2.05, 4.69) is 23.5 Å². The SMILES string of the molecule is CCNC(=O)c1noc(-c2cc(-c3ccccc3C)c(OCc3ccccc3)cc2OCc2ccccc2)c1-c1ccc(C=O)cc1. The lowest BCUT2D eigenvalue weighted by Crippen LogP contribution is -2.23. The van der Waals surface area contributed by atoms with Gasteiger partial charge in [0.15, 0.2) is 11.5 Å². The second kappa shape index (κ2) is 14.4. The molecule has 0 aliphatic carbocycles. The molecule has 0 atom stereocenters. The van der Waals surface area contributed by atoms with Gasteiger partial charge in [0.05, 0.1) is 11.1 Å². The summed E-state index contributed by atoms with van der Waals surface area (Å²) in [5.74, 6) is 1.12. The lowest BCUT2D eigenvalue weighted by atomic mass is 9.93. The molecule has 1 heterocycles. The molecular weight excluding hydrogens is 588 g/mol. The number of aromatic nitrogens is 1. The summed E-state index contributed by atoms with van der Waals surface area (Å²) >= 11 is 0. The maximum Gasteiger partial charge on any atom is 0.274 e. The summed E-state index contributed by atoms with van der Waals surface area (Å²) in [6.45, 7) is 4.96. The monoisotopic (exact) mass is 622 g/mol. The van der Waals surface area contributed by atoms with Crippen molar-refractivity contribution in [3.63, 3.8) is 0 Å². The average Bonchev–Trinajstić information content (AvgIpc) is 3.56. The highest BCUT2D eigenvalue weighted by molar-refractivity contribution is 6.03. The Balaban J connectivity index is 1.56. The summed E-state index contributed by atoms with van der Waals surface area (Å²) < 4.78 is 19.1. The number of nitrogens with zero attached hydrogens (tertiary/aromatic N) is 1. The van der Waals surface area contributed by atoms with Gasteiger partial charge in [-0.05, 0) is 47.7 Å². The summed E-state index contributed by atoms with van der Waals surface area (Å²) in [6, 6.07) is 38.8. The molecule has 1 N–H and O–H groups in total. The Morgan fingerprint density at radius 1 is 0.745 bits per heavy atom. The molecule has 0 fully saturated rings. The van der Waals surface area contributed by atoms with Gasteiger partial charge in [0.1, 0.15) is 31.0 Å². The van der Waals surface area contributed by atoms with Crippen LogP contribution in [0.3, 0.4) is 0 Å². The predicted octanol–water partition coefficient (Wildman–Crippen LogP) is 8.70. The van der Waals surface area contributed by atoms with Crippen molar-refractivity contribution in [3.8, 4) is 45.1 Å². The van der Waals surface area contributed by atoms with E-state index < -0.39 is 0 Å². The van der Waals surface area contributed by atoms with Crippen molar-refractivity contribution < 1.29 is 23.6 Å². The zero-order chi connectivity index (χ0) is 32.6. The Morgan fingerprint density at radius 2 is 1.34 bits per heavy atom. The van der Waals surface area contributed by atoms with Crippen LogP contribution < -0.4 is 14.8 Å². The number of aryl methyl sites for hydroxylation is 1. The van der Waals surface area contributed by atoms with Gasteiger partial charge in [-0.1, -0.05) is 114 Å². The van der Waals surface area contributed by atoms with Crippen molar-refractivity contribution in [1.82, 2.24) is 10.5 Å². The molecule has 0 radical (unpaired) electrons. The number of benzene rings is 5. The first-order chi connectivity index (χ1) is 23.1. The van der Waals surface area contributed by atoms with Gasteiger partial charge < -0.3 is 19.3 Å². The standard InChI is InChI=1S/C40H34N2O5/c1-3-41-40(44)38-37(31-20-18-28(24-43)19-21-31)39(47-42-38)34-22-33(32-17-11-10-12-27(32)2)35(45-25-29-13-6-4-7-14-29)23-36(34)46-26-30-15-8-5-9-16-30/h4-24H,3,25-26H2,1-2H3,(H,41,44). The molecule has 5 aromatic carbocycles. The van der Waals surface area contributed by atoms with Crippen LogP contribution in [0, 0.1) is 6.92 Å². The van der Waals surface area contributed by atoms with Crippen LogP contribution in [0.25, 0.3) is 33.6 Å². The first kappa shape index (κ1) is 31.0. The van der Waals surface area contributed by atoms with E-state index >= 15 is 0 Å². The molecule has 0 bridgehead atoms. The van der Waals surface area contributed by atoms with Crippen LogP contribution >= 0.6 is 0 Å². The summed E-state index contributed by atoms with van der Waals surface area (Å²) in [7, 11) is 0. The summed E-state index contributed by atoms with van der Waals surface area (Å²) in [6.07, 6.45) is 0.779. The van der Waals surface area contributed by atoms with E-state index in [1.807, 2.05) is 97.9 Å². The summed E-state index contributed by atoms with van der Waals surface area (Å²) in [5, 5.41) is 7.10. The topological polar surface area (TPSA) is 90.7 Å². The zero-order valence-corrected chi connectivity index (χ0v) is 26.2. The van der Waals surface area contributed by atoms with Crippen LogP contribution in [-0.4, -0.2) is 23.9 Å². The van der Waals surface area contributed by atoms with Crippen LogP contribution in [0.5, 0.6) is 11.5 Å². The molecule has 7 nitrogen and oxygen atoms in total. The number of rotatable bonds is 12. The molecule has 0 aliphatic rings. The molecule has 234 valence electrons. The van der Waals surface area contributed by atoms with Crippen molar-refractivity contribution in [2.45, 2.75) is 27.1 Å². The van der Waals surface area contributed by atoms with Crippen molar-refractivity contribution >= 4 is 12.2 Å². The van der Waals surface area contributed by atoms with Gasteiger partial charge in [-0.15, -0.1) is 0 Å². The minimum absolute atomic E-state index is 0.136. The van der Waals surface area contributed by atoms with E-state index in [1.165, 1.54) is 0 Å². The number of ether oxygens (including phenoxy) is 2. The van der Waals surface area contributed by atoms with Crippen LogP contribution in [0.4, 0.5) is 0 Å². The third-order valence-corrected chi connectivity index (χ3v) is 7.82. The van der Waals surface area contributed by atoms with Gasteiger partial charge >= 0.3 is 0 Å². The molecule has 1 aromatic heterocycles. The largest absolute Gasteiger partial charge is 0.488 e. The molecule has 7 heteroatoms. The number of hydrogen-bond acceptors (Lipinski definition) is 6. The van der Waals surface area contributed by atoms with Gasteiger partial charge in [-0.2, -0.15) is 0 Å². The molecule has 47 heavy (non-hydrogen) atoms. The lowest BCUT2D eigenvalue weighted by molar-refractivity contribution is 0.0947. The Bertz CT molecular complexity index is 1980. The predicted molar refractivity (Wildman–Crippen MR) is 182 cm³/mol. The third-order valence-electron chi connectivity index (χ3n) is 7.82. The van der Waals surface area contributed by atoms with Gasteiger partial charge in [0.25, 0.3) is 5.91 Å². The Morgan fingerprint density at radius 3 is 1.94 bits per heavy atom. The Labute approximate surface area is 273 Å². The van der Waals surface area contributed by atoms with Crippen molar-refractivity contribution in [2.75, 3.05) is 6.54 Å². The van der Waals surface area contributed by atoms with Crippen molar-refractivity contribution in [3.05, 3.63) is 149 Å². The highest BCUT2D eigenvalue weighted by atomic mass is 16.5. The van der Waals surface area contributed by atoms with Crippen molar-refractivity contribution in [2.24, 2.45) is 0 Å². The highest BCUT2D eigenvalue weighted by Crippen LogP contribution is 2.46. The smallest absolute Gasteiger partial charge is 0.274 e. The fourth-order valence-electron chi connectivity index (χ4n) is 5.40. The fraction of sp³-hybridized carbons (Fsp3) is 0.125. The molecule has 0 saturated carbocycles. The molecule has 6 aromatic rings. The normalized spacial score (nSPS) is 10.8. The van der Waals surface area contributed by atoms with Crippen LogP contribution in [0.2, 0.25) is 0 Å². The molecule has 0 spiro atoms. The highest BCUT2D eigenvalue weighted by Gasteiger charge is 2.28.